The number of ether oxygens (including phenoxy) is 2. The first kappa shape index (κ1) is 35.4. The molecule has 1 saturated heterocycles. The average Bonchev–Trinajstić information content (AvgIpc) is 3.45. The van der Waals surface area contributed by atoms with E-state index in [9.17, 15) is 4.79 Å². The highest BCUT2D eigenvalue weighted by Gasteiger charge is 2.70. The lowest BCUT2D eigenvalue weighted by molar-refractivity contribution is -0.219. The third kappa shape index (κ3) is 5.35. The number of benzene rings is 1. The number of esters is 1. The summed E-state index contributed by atoms with van der Waals surface area (Å²) >= 11 is 0. The van der Waals surface area contributed by atoms with E-state index in [0.717, 1.165) is 51.4 Å². The molecule has 9 atom stereocenters. The van der Waals surface area contributed by atoms with Gasteiger partial charge in [0.2, 0.25) is 0 Å². The summed E-state index contributed by atoms with van der Waals surface area (Å²) in [5.74, 6) is 2.02. The third-order valence-corrected chi connectivity index (χ3v) is 16.3. The van der Waals surface area contributed by atoms with Crippen molar-refractivity contribution in [3.63, 3.8) is 0 Å². The Balaban J connectivity index is 1.17. The number of allylic oxidation sites excluding steroid dienone is 3. The van der Waals surface area contributed by atoms with E-state index in [0.29, 0.717) is 35.0 Å². The second kappa shape index (κ2) is 12.6. The van der Waals surface area contributed by atoms with Gasteiger partial charge in [0.1, 0.15) is 5.82 Å². The molecule has 0 radical (unpaired) electrons. The minimum atomic E-state index is -0.625. The Hall–Kier alpha value is -2.02. The molecule has 7 rings (SSSR count). The predicted octanol–water partition coefficient (Wildman–Crippen LogP) is 8.94. The van der Waals surface area contributed by atoms with E-state index in [4.69, 9.17) is 9.47 Å². The molecule has 49 heavy (non-hydrogen) atoms. The molecular weight excluding hydrogens is 611 g/mol. The van der Waals surface area contributed by atoms with E-state index in [-0.39, 0.29) is 27.3 Å². The summed E-state index contributed by atoms with van der Waals surface area (Å²) < 4.78 is 25.6. The van der Waals surface area contributed by atoms with Gasteiger partial charge in [-0.05, 0) is 139 Å². The topological polar surface area (TPSA) is 50.8 Å². The number of hydrogen-bond acceptors (Lipinski definition) is 5. The number of halogens is 1. The monoisotopic (exact) mass is 674 g/mol. The van der Waals surface area contributed by atoms with Gasteiger partial charge in [-0.1, -0.05) is 58.9 Å². The lowest BCUT2D eigenvalue weighted by atomic mass is 9.33. The third-order valence-electron chi connectivity index (χ3n) is 16.3. The summed E-state index contributed by atoms with van der Waals surface area (Å²) in [6, 6.07) is 5.08. The maximum atomic E-state index is 15.2. The van der Waals surface area contributed by atoms with Crippen LogP contribution in [0.5, 0.6) is 0 Å². The van der Waals surface area contributed by atoms with Gasteiger partial charge in [0.25, 0.3) is 0 Å². The van der Waals surface area contributed by atoms with Gasteiger partial charge in [-0.3, -0.25) is 4.90 Å². The van der Waals surface area contributed by atoms with Crippen LogP contribution in [0.15, 0.2) is 36.4 Å². The highest BCUT2D eigenvalue weighted by Crippen LogP contribution is 2.76. The molecule has 5 aliphatic carbocycles. The smallest absolute Gasteiger partial charge is 0.340 e. The van der Waals surface area contributed by atoms with E-state index in [1.54, 1.807) is 12.1 Å². The van der Waals surface area contributed by atoms with E-state index in [1.807, 2.05) is 6.07 Å². The first-order chi connectivity index (χ1) is 23.2. The van der Waals surface area contributed by atoms with E-state index in [2.05, 4.69) is 64.4 Å². The van der Waals surface area contributed by atoms with Gasteiger partial charge in [0.05, 0.1) is 25.9 Å². The van der Waals surface area contributed by atoms with E-state index >= 15 is 4.39 Å². The average molecular weight is 675 g/mol. The van der Waals surface area contributed by atoms with Gasteiger partial charge in [0, 0.05) is 31.7 Å². The molecule has 6 heteroatoms. The zero-order valence-corrected chi connectivity index (χ0v) is 31.6. The van der Waals surface area contributed by atoms with Crippen molar-refractivity contribution >= 4 is 11.5 Å². The van der Waals surface area contributed by atoms with Crippen molar-refractivity contribution in [2.24, 2.45) is 51.2 Å². The van der Waals surface area contributed by atoms with Crippen LogP contribution in [0.2, 0.25) is 0 Å². The standard InChI is InChI=1S/C43H63FN2O3/c1-28(2)30-13-18-43(45-21-22-46-23-25-49-26-24-46)20-19-41(6)33(37(30)43)11-12-36-40(5)16-14-32(39(3,4)35(40)15-17-42(36,41)7)29-9-10-31(34(44)27-29)38(47)48-8/h9-10,14,27,30,33,35-37,45H,1,11-13,15-26H2,2-8H3/t30-,33+,35-,36?,37+,40-,41+,42+,43-/m0/s1. The molecule has 0 spiro atoms. The van der Waals surface area contributed by atoms with Gasteiger partial charge in [-0.2, -0.15) is 0 Å². The van der Waals surface area contributed by atoms with Crippen molar-refractivity contribution in [1.29, 1.82) is 0 Å². The first-order valence-electron chi connectivity index (χ1n) is 19.5. The van der Waals surface area contributed by atoms with Gasteiger partial charge in [-0.25, -0.2) is 9.18 Å². The largest absolute Gasteiger partial charge is 0.465 e. The van der Waals surface area contributed by atoms with Crippen molar-refractivity contribution in [3.8, 4) is 0 Å². The van der Waals surface area contributed by atoms with Crippen LogP contribution >= 0.6 is 0 Å². The number of nitrogens with zero attached hydrogens (tertiary/aromatic N) is 1. The van der Waals surface area contributed by atoms with Gasteiger partial charge in [0.15, 0.2) is 0 Å². The molecule has 1 aliphatic heterocycles. The molecule has 1 aromatic rings. The van der Waals surface area contributed by atoms with E-state index < -0.39 is 11.8 Å². The van der Waals surface area contributed by atoms with Crippen molar-refractivity contribution in [3.05, 3.63) is 53.4 Å². The molecule has 1 aromatic carbocycles. The maximum absolute atomic E-state index is 15.2. The molecule has 6 aliphatic rings. The van der Waals surface area contributed by atoms with Crippen LogP contribution in [0.4, 0.5) is 4.39 Å². The second-order valence-corrected chi connectivity index (χ2v) is 18.5. The van der Waals surface area contributed by atoms with Gasteiger partial charge in [-0.15, -0.1) is 0 Å². The van der Waals surface area contributed by atoms with Crippen LogP contribution in [-0.4, -0.2) is 62.9 Å². The van der Waals surface area contributed by atoms with Crippen LogP contribution in [0, 0.1) is 57.1 Å². The number of fused-ring (bicyclic) bond motifs is 7. The summed E-state index contributed by atoms with van der Waals surface area (Å²) in [6.07, 6.45) is 13.7. The molecule has 0 bridgehead atoms. The van der Waals surface area contributed by atoms with Crippen molar-refractivity contribution < 1.29 is 18.7 Å². The molecule has 0 aromatic heterocycles. The Morgan fingerprint density at radius 2 is 1.76 bits per heavy atom. The molecular formula is C43H63FN2O3. The highest BCUT2D eigenvalue weighted by atomic mass is 19.1. The number of morpholine rings is 1. The quantitative estimate of drug-likeness (QED) is 0.231. The molecule has 0 amide bonds. The maximum Gasteiger partial charge on any atom is 0.340 e. The summed E-state index contributed by atoms with van der Waals surface area (Å²) in [5, 5.41) is 4.28. The summed E-state index contributed by atoms with van der Waals surface area (Å²) in [4.78, 5) is 14.7. The van der Waals surface area contributed by atoms with E-state index in [1.165, 1.54) is 69.6 Å². The minimum Gasteiger partial charge on any atom is -0.465 e. The van der Waals surface area contributed by atoms with Crippen LogP contribution < -0.4 is 5.32 Å². The number of methoxy groups -OCH3 is 1. The van der Waals surface area contributed by atoms with Crippen molar-refractivity contribution in [1.82, 2.24) is 10.2 Å². The van der Waals surface area contributed by atoms with Gasteiger partial charge >= 0.3 is 5.97 Å². The number of carbonyl (C=O) groups is 1. The van der Waals surface area contributed by atoms with Crippen LogP contribution in [0.25, 0.3) is 5.57 Å². The Morgan fingerprint density at radius 3 is 2.45 bits per heavy atom. The lowest BCUT2D eigenvalue weighted by Crippen LogP contribution is -2.68. The lowest BCUT2D eigenvalue weighted by Gasteiger charge is -2.72. The first-order valence-corrected chi connectivity index (χ1v) is 19.5. The highest BCUT2D eigenvalue weighted by molar-refractivity contribution is 5.90. The van der Waals surface area contributed by atoms with Gasteiger partial charge < -0.3 is 14.8 Å². The number of carbonyl (C=O) groups excluding carboxylic acids is 1. The molecule has 5 fully saturated rings. The normalized spacial score (nSPS) is 41.5. The fourth-order valence-corrected chi connectivity index (χ4v) is 13.8. The zero-order valence-electron chi connectivity index (χ0n) is 31.6. The summed E-state index contributed by atoms with van der Waals surface area (Å²) in [6.45, 7) is 25.8. The molecule has 1 N–H and O–H groups in total. The second-order valence-electron chi connectivity index (χ2n) is 18.5. The zero-order chi connectivity index (χ0) is 35.0. The fraction of sp³-hybridized carbons (Fsp3) is 0.744. The summed E-state index contributed by atoms with van der Waals surface area (Å²) in [7, 11) is 1.30. The molecule has 1 unspecified atom stereocenters. The molecule has 5 nitrogen and oxygen atoms in total. The Morgan fingerprint density at radius 1 is 1.00 bits per heavy atom. The Kier molecular flexibility index (Phi) is 9.09. The molecule has 1 heterocycles. The van der Waals surface area contributed by atoms with Crippen LogP contribution in [0.1, 0.15) is 115 Å². The summed E-state index contributed by atoms with van der Waals surface area (Å²) in [5.41, 5.74) is 4.42. The number of nitrogens with one attached hydrogen (secondary N) is 1. The SMILES string of the molecule is C=C(C)[C@@H]1CC[C@]2(NCCN3CCOCC3)CC[C@]3(C)[C@H](CCC4[C@@]5(C)CC=C(c6ccc(C(=O)OC)c(F)c6)C(C)(C)[C@@H]5CC[C@]43C)[C@@H]12. The Bertz CT molecular complexity index is 1500. The van der Waals surface area contributed by atoms with Crippen LogP contribution in [-0.2, 0) is 9.47 Å². The fourth-order valence-electron chi connectivity index (χ4n) is 13.8. The molecule has 4 saturated carbocycles. The van der Waals surface area contributed by atoms with Crippen LogP contribution in [0.3, 0.4) is 0 Å². The minimum absolute atomic E-state index is 0.00342. The van der Waals surface area contributed by atoms with Crippen molar-refractivity contribution in [2.45, 2.75) is 105 Å². The molecule has 270 valence electrons. The number of rotatable bonds is 7. The predicted molar refractivity (Wildman–Crippen MR) is 196 cm³/mol. The van der Waals surface area contributed by atoms with Crippen molar-refractivity contribution in [2.75, 3.05) is 46.5 Å². The Labute approximate surface area is 295 Å². The number of hydrogen-bond donors (Lipinski definition) is 1.